The first-order valence-corrected chi connectivity index (χ1v) is 2.93. The second-order valence-corrected chi connectivity index (χ2v) is 2.09. The minimum Gasteiger partial charge on any atom is -0.383 e. The Morgan fingerprint density at radius 3 is 2.73 bits per heavy atom. The normalized spacial score (nSPS) is 8.00. The van der Waals surface area contributed by atoms with Crippen molar-refractivity contribution in [1.82, 2.24) is 4.98 Å². The predicted molar refractivity (Wildman–Crippen MR) is 48.1 cm³/mol. The van der Waals surface area contributed by atoms with Crippen LogP contribution in [0.3, 0.4) is 0 Å². The summed E-state index contributed by atoms with van der Waals surface area (Å²) in [5.41, 5.74) is 7.14. The van der Waals surface area contributed by atoms with Gasteiger partial charge in [-0.05, 0) is 18.6 Å². The van der Waals surface area contributed by atoms with E-state index in [1.165, 1.54) is 0 Å². The first kappa shape index (κ1) is 9.51. The third-order valence-electron chi connectivity index (χ3n) is 1.21. The van der Waals surface area contributed by atoms with Gasteiger partial charge in [-0.2, -0.15) is 0 Å². The fourth-order valence-corrected chi connectivity index (χ4v) is 0.695. The first-order chi connectivity index (χ1) is 4.74. The third-order valence-corrected chi connectivity index (χ3v) is 1.21. The molecule has 11 heavy (non-hydrogen) atoms. The Morgan fingerprint density at radius 2 is 2.27 bits per heavy atom. The van der Waals surface area contributed by atoms with E-state index in [2.05, 4.69) is 10.9 Å². The Labute approximate surface area is 67.5 Å². The Hall–Kier alpha value is -1.49. The van der Waals surface area contributed by atoms with Gasteiger partial charge in [-0.3, -0.25) is 0 Å². The fraction of sp³-hybridized carbons (Fsp3) is 0.222. The fourth-order valence-electron chi connectivity index (χ4n) is 0.695. The molecule has 1 aromatic rings. The van der Waals surface area contributed by atoms with Crippen LogP contribution in [0.2, 0.25) is 0 Å². The molecular weight excluding hydrogens is 136 g/mol. The number of rotatable bonds is 0. The maximum atomic E-state index is 5.45. The molecule has 58 valence electrons. The summed E-state index contributed by atoms with van der Waals surface area (Å²) in [5, 5.41) is 0. The van der Waals surface area contributed by atoms with Crippen molar-refractivity contribution in [3.8, 4) is 12.3 Å². The molecule has 0 aliphatic carbocycles. The second kappa shape index (κ2) is 3.62. The zero-order valence-electron chi connectivity index (χ0n) is 5.76. The average molecular weight is 148 g/mol. The van der Waals surface area contributed by atoms with Gasteiger partial charge >= 0.3 is 0 Å². The van der Waals surface area contributed by atoms with Crippen LogP contribution in [0.15, 0.2) is 12.3 Å². The molecule has 0 fully saturated rings. The zero-order chi connectivity index (χ0) is 7.56. The number of nitrogens with zero attached hydrogens (tertiary/aromatic N) is 1. The van der Waals surface area contributed by atoms with Gasteiger partial charge in [0.05, 0.1) is 5.56 Å². The van der Waals surface area contributed by atoms with Gasteiger partial charge in [0.2, 0.25) is 0 Å². The third kappa shape index (κ3) is 1.98. The van der Waals surface area contributed by atoms with Crippen LogP contribution in [-0.4, -0.2) is 4.98 Å². The summed E-state index contributed by atoms with van der Waals surface area (Å²) in [7, 11) is 0. The molecule has 0 aliphatic rings. The number of hydrogen-bond donors (Lipinski definition) is 1. The number of hydrogen-bond acceptors (Lipinski definition) is 2. The van der Waals surface area contributed by atoms with Crippen molar-refractivity contribution in [1.29, 1.82) is 0 Å². The highest BCUT2D eigenvalue weighted by atomic mass is 14.8. The number of nitrogen functional groups attached to an aromatic ring is 1. The highest BCUT2D eigenvalue weighted by Gasteiger charge is 1.94. The molecule has 0 spiro atoms. The number of aryl methyl sites for hydroxylation is 1. The van der Waals surface area contributed by atoms with Crippen molar-refractivity contribution in [2.24, 2.45) is 0 Å². The summed E-state index contributed by atoms with van der Waals surface area (Å²) >= 11 is 0. The summed E-state index contributed by atoms with van der Waals surface area (Å²) in [5.74, 6) is 2.87. The molecule has 0 bridgehead atoms. The molecule has 0 saturated heterocycles. The number of aromatic nitrogens is 1. The van der Waals surface area contributed by atoms with Gasteiger partial charge in [0.15, 0.2) is 0 Å². The van der Waals surface area contributed by atoms with Gasteiger partial charge < -0.3 is 5.73 Å². The monoisotopic (exact) mass is 148 g/mol. The van der Waals surface area contributed by atoms with E-state index in [0.29, 0.717) is 11.4 Å². The van der Waals surface area contributed by atoms with Gasteiger partial charge in [0.25, 0.3) is 0 Å². The lowest BCUT2D eigenvalue weighted by Crippen LogP contribution is -1.94. The number of nitrogens with two attached hydrogens (primary N) is 1. The quantitative estimate of drug-likeness (QED) is 0.567. The standard InChI is InChI=1S/C8H8N2.CH4/c1-3-7-4-6(2)5-10-8(7)9;/h1,4-5H,2H3,(H2,9,10);1H4. The summed E-state index contributed by atoms with van der Waals surface area (Å²) in [6, 6.07) is 1.84. The van der Waals surface area contributed by atoms with E-state index in [4.69, 9.17) is 12.2 Å². The first-order valence-electron chi connectivity index (χ1n) is 2.93. The van der Waals surface area contributed by atoms with E-state index in [1.54, 1.807) is 6.20 Å². The lowest BCUT2D eigenvalue weighted by atomic mass is 10.2. The average Bonchev–Trinajstić information content (AvgIpc) is 1.94. The lowest BCUT2D eigenvalue weighted by Gasteiger charge is -1.96. The molecule has 0 aliphatic heterocycles. The van der Waals surface area contributed by atoms with E-state index < -0.39 is 0 Å². The van der Waals surface area contributed by atoms with Gasteiger partial charge in [0.1, 0.15) is 5.82 Å². The Bertz CT molecular complexity index is 284. The van der Waals surface area contributed by atoms with Crippen molar-refractivity contribution < 1.29 is 0 Å². The minimum absolute atomic E-state index is 0. The highest BCUT2D eigenvalue weighted by molar-refractivity contribution is 5.50. The van der Waals surface area contributed by atoms with Gasteiger partial charge in [-0.25, -0.2) is 4.98 Å². The molecule has 0 aromatic carbocycles. The Balaban J connectivity index is 0.000001000. The molecule has 0 saturated carbocycles. The summed E-state index contributed by atoms with van der Waals surface area (Å²) in [6.07, 6.45) is 6.84. The van der Waals surface area contributed by atoms with E-state index in [1.807, 2.05) is 13.0 Å². The smallest absolute Gasteiger partial charge is 0.139 e. The molecule has 2 nitrogen and oxygen atoms in total. The van der Waals surface area contributed by atoms with Crippen LogP contribution in [0.25, 0.3) is 0 Å². The van der Waals surface area contributed by atoms with E-state index >= 15 is 0 Å². The van der Waals surface area contributed by atoms with Crippen LogP contribution in [0, 0.1) is 19.3 Å². The number of terminal acetylenes is 1. The molecule has 2 heteroatoms. The summed E-state index contributed by atoms with van der Waals surface area (Å²) in [6.45, 7) is 1.92. The van der Waals surface area contributed by atoms with E-state index in [0.717, 1.165) is 5.56 Å². The Kier molecular flexibility index (Phi) is 3.13. The van der Waals surface area contributed by atoms with E-state index in [9.17, 15) is 0 Å². The number of anilines is 1. The number of pyridine rings is 1. The molecule has 0 amide bonds. The maximum absolute atomic E-state index is 5.45. The molecule has 2 N–H and O–H groups in total. The molecular formula is C9H12N2. The van der Waals surface area contributed by atoms with Crippen molar-refractivity contribution in [3.05, 3.63) is 23.4 Å². The van der Waals surface area contributed by atoms with Crippen LogP contribution >= 0.6 is 0 Å². The maximum Gasteiger partial charge on any atom is 0.139 e. The highest BCUT2D eigenvalue weighted by Crippen LogP contribution is 2.07. The SMILES string of the molecule is C.C#Cc1cc(C)cnc1N. The van der Waals surface area contributed by atoms with Gasteiger partial charge in [-0.1, -0.05) is 13.3 Å². The second-order valence-electron chi connectivity index (χ2n) is 2.09. The molecule has 1 rings (SSSR count). The topological polar surface area (TPSA) is 38.9 Å². The minimum atomic E-state index is 0. The van der Waals surface area contributed by atoms with Crippen molar-refractivity contribution in [2.45, 2.75) is 14.4 Å². The molecule has 1 aromatic heterocycles. The summed E-state index contributed by atoms with van der Waals surface area (Å²) in [4.78, 5) is 3.88. The van der Waals surface area contributed by atoms with Crippen molar-refractivity contribution >= 4 is 5.82 Å². The van der Waals surface area contributed by atoms with Gasteiger partial charge in [0, 0.05) is 6.20 Å². The zero-order valence-corrected chi connectivity index (χ0v) is 5.76. The van der Waals surface area contributed by atoms with Crippen molar-refractivity contribution in [3.63, 3.8) is 0 Å². The van der Waals surface area contributed by atoms with Crippen LogP contribution in [0.1, 0.15) is 18.6 Å². The van der Waals surface area contributed by atoms with Gasteiger partial charge in [-0.15, -0.1) is 6.42 Å². The van der Waals surface area contributed by atoms with E-state index in [-0.39, 0.29) is 7.43 Å². The molecule has 0 atom stereocenters. The molecule has 1 heterocycles. The molecule has 0 unspecified atom stereocenters. The van der Waals surface area contributed by atoms with Crippen LogP contribution in [0.5, 0.6) is 0 Å². The lowest BCUT2D eigenvalue weighted by molar-refractivity contribution is 1.26. The van der Waals surface area contributed by atoms with Crippen LogP contribution in [-0.2, 0) is 0 Å². The van der Waals surface area contributed by atoms with Crippen LogP contribution < -0.4 is 5.73 Å². The van der Waals surface area contributed by atoms with Crippen LogP contribution in [0.4, 0.5) is 5.82 Å². The molecule has 0 radical (unpaired) electrons. The summed E-state index contributed by atoms with van der Waals surface area (Å²) < 4.78 is 0. The Morgan fingerprint density at radius 1 is 1.64 bits per heavy atom. The predicted octanol–water partition coefficient (Wildman–Crippen LogP) is 1.59. The van der Waals surface area contributed by atoms with Crippen molar-refractivity contribution in [2.75, 3.05) is 5.73 Å². The largest absolute Gasteiger partial charge is 0.383 e.